The molecule has 0 aliphatic heterocycles. The standard InChI is InChI=1S/C17H26ClNO3/c1-5-17(12-20,10-13-7-6-8-14(18)9-13)11-19-15(21)22-16(2,3)4/h6-9,20H,5,10-12H2,1-4H3,(H,19,21). The summed E-state index contributed by atoms with van der Waals surface area (Å²) in [6.45, 7) is 7.78. The molecule has 0 heterocycles. The average Bonchev–Trinajstić information content (AvgIpc) is 2.42. The molecule has 0 spiro atoms. The van der Waals surface area contributed by atoms with Crippen LogP contribution in [0.3, 0.4) is 0 Å². The number of alkyl carbamates (subject to hydrolysis) is 1. The predicted octanol–water partition coefficient (Wildman–Crippen LogP) is 3.80. The number of aliphatic hydroxyl groups excluding tert-OH is 1. The highest BCUT2D eigenvalue weighted by molar-refractivity contribution is 6.30. The number of hydrogen-bond acceptors (Lipinski definition) is 3. The van der Waals surface area contributed by atoms with E-state index < -0.39 is 17.1 Å². The van der Waals surface area contributed by atoms with Crippen LogP contribution < -0.4 is 5.32 Å². The second-order valence-corrected chi connectivity index (χ2v) is 7.11. The largest absolute Gasteiger partial charge is 0.444 e. The fraction of sp³-hybridized carbons (Fsp3) is 0.588. The highest BCUT2D eigenvalue weighted by atomic mass is 35.5. The first kappa shape index (κ1) is 18.8. The third-order valence-corrected chi connectivity index (χ3v) is 3.80. The van der Waals surface area contributed by atoms with Gasteiger partial charge in [-0.05, 0) is 51.3 Å². The maximum absolute atomic E-state index is 11.8. The Kier molecular flexibility index (Phi) is 6.69. The Labute approximate surface area is 137 Å². The van der Waals surface area contributed by atoms with Gasteiger partial charge in [0, 0.05) is 17.0 Å². The van der Waals surface area contributed by atoms with Crippen molar-refractivity contribution < 1.29 is 14.6 Å². The Morgan fingerprint density at radius 1 is 1.36 bits per heavy atom. The van der Waals surface area contributed by atoms with Crippen LogP contribution in [0.4, 0.5) is 4.79 Å². The lowest BCUT2D eigenvalue weighted by Crippen LogP contribution is -2.43. The van der Waals surface area contributed by atoms with Crippen molar-refractivity contribution in [3.8, 4) is 0 Å². The predicted molar refractivity (Wildman–Crippen MR) is 89.2 cm³/mol. The van der Waals surface area contributed by atoms with E-state index in [0.29, 0.717) is 18.0 Å². The molecule has 2 N–H and O–H groups in total. The normalized spacial score (nSPS) is 14.3. The van der Waals surface area contributed by atoms with Crippen LogP contribution in [0.2, 0.25) is 5.02 Å². The fourth-order valence-electron chi connectivity index (χ4n) is 2.19. The zero-order chi connectivity index (χ0) is 16.8. The van der Waals surface area contributed by atoms with Crippen LogP contribution >= 0.6 is 11.6 Å². The number of halogens is 1. The molecule has 0 saturated heterocycles. The van der Waals surface area contributed by atoms with Gasteiger partial charge >= 0.3 is 6.09 Å². The van der Waals surface area contributed by atoms with Gasteiger partial charge in [-0.3, -0.25) is 0 Å². The molecule has 0 aliphatic rings. The van der Waals surface area contributed by atoms with Crippen molar-refractivity contribution in [2.45, 2.75) is 46.1 Å². The second kappa shape index (κ2) is 7.84. The summed E-state index contributed by atoms with van der Waals surface area (Å²) in [6.07, 6.45) is 0.896. The molecule has 1 atom stereocenters. The zero-order valence-electron chi connectivity index (χ0n) is 13.8. The molecule has 22 heavy (non-hydrogen) atoms. The molecule has 4 nitrogen and oxygen atoms in total. The first-order chi connectivity index (χ1) is 10.2. The van der Waals surface area contributed by atoms with Gasteiger partial charge in [0.15, 0.2) is 0 Å². The Hall–Kier alpha value is -1.26. The summed E-state index contributed by atoms with van der Waals surface area (Å²) >= 11 is 6.01. The summed E-state index contributed by atoms with van der Waals surface area (Å²) in [5.74, 6) is 0. The van der Waals surface area contributed by atoms with Crippen LogP contribution in [-0.2, 0) is 11.2 Å². The van der Waals surface area contributed by atoms with Gasteiger partial charge < -0.3 is 15.2 Å². The van der Waals surface area contributed by atoms with Gasteiger partial charge in [0.1, 0.15) is 5.60 Å². The summed E-state index contributed by atoms with van der Waals surface area (Å²) in [4.78, 5) is 11.8. The van der Waals surface area contributed by atoms with Gasteiger partial charge in [0.05, 0.1) is 6.61 Å². The maximum Gasteiger partial charge on any atom is 0.407 e. The van der Waals surface area contributed by atoms with Gasteiger partial charge in [-0.25, -0.2) is 4.79 Å². The molecule has 0 aliphatic carbocycles. The molecule has 0 fully saturated rings. The van der Waals surface area contributed by atoms with Crippen molar-refractivity contribution >= 4 is 17.7 Å². The average molecular weight is 328 g/mol. The molecule has 1 amide bonds. The van der Waals surface area contributed by atoms with Crippen molar-refractivity contribution in [1.29, 1.82) is 0 Å². The van der Waals surface area contributed by atoms with Crippen molar-refractivity contribution in [2.75, 3.05) is 13.2 Å². The van der Waals surface area contributed by atoms with E-state index in [2.05, 4.69) is 5.32 Å². The minimum absolute atomic E-state index is 0.0220. The molecule has 1 rings (SSSR count). The van der Waals surface area contributed by atoms with Gasteiger partial charge in [0.2, 0.25) is 0 Å². The van der Waals surface area contributed by atoms with Crippen LogP contribution in [0.1, 0.15) is 39.7 Å². The molecule has 0 saturated carbocycles. The smallest absolute Gasteiger partial charge is 0.407 e. The van der Waals surface area contributed by atoms with E-state index in [-0.39, 0.29) is 6.61 Å². The van der Waals surface area contributed by atoms with E-state index in [1.165, 1.54) is 0 Å². The van der Waals surface area contributed by atoms with Crippen molar-refractivity contribution in [2.24, 2.45) is 5.41 Å². The van der Waals surface area contributed by atoms with E-state index in [9.17, 15) is 9.90 Å². The van der Waals surface area contributed by atoms with Crippen molar-refractivity contribution in [1.82, 2.24) is 5.32 Å². The monoisotopic (exact) mass is 327 g/mol. The molecule has 124 valence electrons. The van der Waals surface area contributed by atoms with E-state index >= 15 is 0 Å². The first-order valence-electron chi connectivity index (χ1n) is 7.52. The van der Waals surface area contributed by atoms with Crippen LogP contribution in [0.15, 0.2) is 24.3 Å². The van der Waals surface area contributed by atoms with E-state index in [0.717, 1.165) is 12.0 Å². The zero-order valence-corrected chi connectivity index (χ0v) is 14.5. The summed E-state index contributed by atoms with van der Waals surface area (Å²) in [5.41, 5.74) is 0.0709. The maximum atomic E-state index is 11.8. The number of ether oxygens (including phenoxy) is 1. The third-order valence-electron chi connectivity index (χ3n) is 3.56. The topological polar surface area (TPSA) is 58.6 Å². The number of rotatable bonds is 6. The molecule has 0 aromatic heterocycles. The Balaban J connectivity index is 2.72. The van der Waals surface area contributed by atoms with E-state index in [1.54, 1.807) is 0 Å². The van der Waals surface area contributed by atoms with Crippen molar-refractivity contribution in [3.63, 3.8) is 0 Å². The Bertz CT molecular complexity index is 493. The van der Waals surface area contributed by atoms with Gasteiger partial charge in [-0.2, -0.15) is 0 Å². The molecule has 1 unspecified atom stereocenters. The highest BCUT2D eigenvalue weighted by Gasteiger charge is 2.29. The number of benzene rings is 1. The van der Waals surface area contributed by atoms with Crippen LogP contribution in [-0.4, -0.2) is 30.0 Å². The fourth-order valence-corrected chi connectivity index (χ4v) is 2.40. The number of carbonyl (C=O) groups is 1. The lowest BCUT2D eigenvalue weighted by Gasteiger charge is -2.31. The van der Waals surface area contributed by atoms with Gasteiger partial charge in [-0.15, -0.1) is 0 Å². The van der Waals surface area contributed by atoms with E-state index in [1.807, 2.05) is 52.0 Å². The molecule has 5 heteroatoms. The van der Waals surface area contributed by atoms with Gasteiger partial charge in [0.25, 0.3) is 0 Å². The first-order valence-corrected chi connectivity index (χ1v) is 7.90. The van der Waals surface area contributed by atoms with Crippen molar-refractivity contribution in [3.05, 3.63) is 34.9 Å². The quantitative estimate of drug-likeness (QED) is 0.835. The lowest BCUT2D eigenvalue weighted by atomic mass is 9.80. The summed E-state index contributed by atoms with van der Waals surface area (Å²) in [7, 11) is 0. The summed E-state index contributed by atoms with van der Waals surface area (Å²) in [6, 6.07) is 7.56. The second-order valence-electron chi connectivity index (χ2n) is 6.67. The molecule has 1 aromatic rings. The molecule has 1 aromatic carbocycles. The number of hydrogen-bond donors (Lipinski definition) is 2. The SMILES string of the molecule is CCC(CO)(CNC(=O)OC(C)(C)C)Cc1cccc(Cl)c1. The summed E-state index contributed by atoms with van der Waals surface area (Å²) < 4.78 is 5.24. The minimum Gasteiger partial charge on any atom is -0.444 e. The number of nitrogens with one attached hydrogen (secondary N) is 1. The highest BCUT2D eigenvalue weighted by Crippen LogP contribution is 2.27. The summed E-state index contributed by atoms with van der Waals surface area (Å²) in [5, 5.41) is 13.3. The Morgan fingerprint density at radius 3 is 2.55 bits per heavy atom. The molecular formula is C17H26ClNO3. The van der Waals surface area contributed by atoms with Crippen LogP contribution in [0.25, 0.3) is 0 Å². The van der Waals surface area contributed by atoms with E-state index in [4.69, 9.17) is 16.3 Å². The molecular weight excluding hydrogens is 302 g/mol. The lowest BCUT2D eigenvalue weighted by molar-refractivity contribution is 0.0461. The van der Waals surface area contributed by atoms with Gasteiger partial charge in [-0.1, -0.05) is 30.7 Å². The number of aliphatic hydroxyl groups is 1. The van der Waals surface area contributed by atoms with Crippen LogP contribution in [0, 0.1) is 5.41 Å². The molecule has 0 bridgehead atoms. The Morgan fingerprint density at radius 2 is 2.05 bits per heavy atom. The minimum atomic E-state index is -0.537. The number of carbonyl (C=O) groups excluding carboxylic acids is 1. The third kappa shape index (κ3) is 6.24. The van der Waals surface area contributed by atoms with Crippen LogP contribution in [0.5, 0.6) is 0 Å². The molecule has 0 radical (unpaired) electrons. The number of amides is 1.